The van der Waals surface area contributed by atoms with Crippen LogP contribution in [0, 0.1) is 0 Å². The molecule has 2 aliphatic rings. The maximum Gasteiger partial charge on any atom is 0.417 e. The van der Waals surface area contributed by atoms with E-state index in [1.54, 1.807) is 6.21 Å². The highest BCUT2D eigenvalue weighted by atomic mass is 19.4. The number of benzene rings is 4. The van der Waals surface area contributed by atoms with Crippen LogP contribution >= 0.6 is 0 Å². The molecule has 6 rings (SSSR count). The highest BCUT2D eigenvalue weighted by Gasteiger charge is 2.39. The fraction of sp³-hybridized carbons (Fsp3) is 0.133. The van der Waals surface area contributed by atoms with Crippen molar-refractivity contribution in [2.24, 2.45) is 9.98 Å². The summed E-state index contributed by atoms with van der Waals surface area (Å²) >= 11 is 0. The van der Waals surface area contributed by atoms with Gasteiger partial charge in [-0.05, 0) is 80.4 Å². The maximum absolute atomic E-state index is 14.2. The first-order valence-electron chi connectivity index (χ1n) is 12.0. The van der Waals surface area contributed by atoms with Crippen molar-refractivity contribution < 1.29 is 26.3 Å². The molecule has 0 aliphatic carbocycles. The maximum atomic E-state index is 14.2. The largest absolute Gasteiger partial charge is 0.417 e. The molecule has 0 aromatic heterocycles. The summed E-state index contributed by atoms with van der Waals surface area (Å²) in [6.45, 7) is 0.655. The Morgan fingerprint density at radius 2 is 1.31 bits per heavy atom. The van der Waals surface area contributed by atoms with Gasteiger partial charge in [-0.3, -0.25) is 9.98 Å². The molecular formula is C30H19F6N3. The molecule has 0 saturated carbocycles. The number of aliphatic imine (C=N–C) groups is 2. The summed E-state index contributed by atoms with van der Waals surface area (Å²) in [6, 6.07) is 17.1. The van der Waals surface area contributed by atoms with Crippen LogP contribution in [0.15, 0.2) is 82.8 Å². The van der Waals surface area contributed by atoms with Gasteiger partial charge in [0, 0.05) is 18.1 Å². The lowest BCUT2D eigenvalue weighted by atomic mass is 9.89. The number of anilines is 1. The van der Waals surface area contributed by atoms with Crippen LogP contribution < -0.4 is 5.73 Å². The zero-order chi connectivity index (χ0) is 27.5. The smallest absolute Gasteiger partial charge is 0.399 e. The van der Waals surface area contributed by atoms with E-state index in [2.05, 4.69) is 9.98 Å². The first-order valence-corrected chi connectivity index (χ1v) is 12.0. The number of rotatable bonds is 3. The van der Waals surface area contributed by atoms with Crippen molar-refractivity contribution in [2.75, 3.05) is 5.73 Å². The van der Waals surface area contributed by atoms with E-state index in [1.165, 1.54) is 6.07 Å². The fourth-order valence-electron chi connectivity index (χ4n) is 5.13. The molecule has 2 N–H and O–H groups in total. The van der Waals surface area contributed by atoms with Crippen molar-refractivity contribution >= 4 is 18.1 Å². The topological polar surface area (TPSA) is 50.7 Å². The Balaban J connectivity index is 1.39. The van der Waals surface area contributed by atoms with Crippen molar-refractivity contribution in [3.05, 3.63) is 112 Å². The molecule has 9 heteroatoms. The van der Waals surface area contributed by atoms with E-state index in [0.717, 1.165) is 52.1 Å². The third kappa shape index (κ3) is 4.47. The summed E-state index contributed by atoms with van der Waals surface area (Å²) in [6.07, 6.45) is -6.35. The molecule has 0 radical (unpaired) electrons. The van der Waals surface area contributed by atoms with Crippen LogP contribution in [-0.4, -0.2) is 12.4 Å². The van der Waals surface area contributed by atoms with E-state index < -0.39 is 40.6 Å². The minimum atomic E-state index is -4.90. The summed E-state index contributed by atoms with van der Waals surface area (Å²) in [4.78, 5) is 8.72. The van der Waals surface area contributed by atoms with Crippen molar-refractivity contribution in [1.82, 2.24) is 0 Å². The highest BCUT2D eigenvalue weighted by Crippen LogP contribution is 2.45. The monoisotopic (exact) mass is 535 g/mol. The van der Waals surface area contributed by atoms with Crippen molar-refractivity contribution in [3.8, 4) is 22.3 Å². The number of fused-ring (bicyclic) bond motifs is 2. The zero-order valence-electron chi connectivity index (χ0n) is 20.1. The van der Waals surface area contributed by atoms with Crippen LogP contribution in [0.2, 0.25) is 0 Å². The van der Waals surface area contributed by atoms with E-state index in [4.69, 9.17) is 5.73 Å². The number of nitrogens with two attached hydrogens (primary N) is 1. The predicted octanol–water partition coefficient (Wildman–Crippen LogP) is 8.09. The molecule has 3 nitrogen and oxygen atoms in total. The molecule has 0 spiro atoms. The van der Waals surface area contributed by atoms with Gasteiger partial charge in [-0.1, -0.05) is 42.5 Å². The lowest BCUT2D eigenvalue weighted by molar-refractivity contribution is -0.139. The summed E-state index contributed by atoms with van der Waals surface area (Å²) in [5.41, 5.74) is 7.57. The summed E-state index contributed by atoms with van der Waals surface area (Å²) in [7, 11) is 0. The Kier molecular flexibility index (Phi) is 5.64. The molecule has 4 aromatic rings. The molecule has 4 aromatic carbocycles. The molecule has 0 amide bonds. The van der Waals surface area contributed by atoms with Crippen LogP contribution in [0.3, 0.4) is 0 Å². The first-order chi connectivity index (χ1) is 18.5. The fourth-order valence-corrected chi connectivity index (χ4v) is 5.13. The van der Waals surface area contributed by atoms with Crippen LogP contribution in [0.1, 0.15) is 45.0 Å². The standard InChI is InChI=1S/C30H19F6N3/c31-29(32,33)26-11-18(4-7-24(26)25-8-5-22(37)12-27(25)30(34,35)36)28-23-6-3-17(10-21(23)15-39-28)16-1-2-19-13-38-14-20(19)9-16/h1-12,14-15,28H,13,37H2. The molecule has 1 atom stereocenters. The van der Waals surface area contributed by atoms with E-state index in [9.17, 15) is 26.3 Å². The predicted molar refractivity (Wildman–Crippen MR) is 139 cm³/mol. The second-order valence-corrected chi connectivity index (χ2v) is 9.51. The first kappa shape index (κ1) is 24.9. The van der Waals surface area contributed by atoms with Crippen LogP contribution in [0.25, 0.3) is 22.3 Å². The minimum absolute atomic E-state index is 0.194. The van der Waals surface area contributed by atoms with Gasteiger partial charge in [-0.15, -0.1) is 0 Å². The summed E-state index contributed by atoms with van der Waals surface area (Å²) < 4.78 is 83.6. The molecular weight excluding hydrogens is 516 g/mol. The molecule has 2 aliphatic heterocycles. The molecule has 196 valence electrons. The van der Waals surface area contributed by atoms with Gasteiger partial charge in [0.2, 0.25) is 0 Å². The third-order valence-corrected chi connectivity index (χ3v) is 7.02. The summed E-state index contributed by atoms with van der Waals surface area (Å²) in [5.74, 6) is 0. The van der Waals surface area contributed by atoms with Gasteiger partial charge >= 0.3 is 12.4 Å². The van der Waals surface area contributed by atoms with Crippen molar-refractivity contribution in [2.45, 2.75) is 24.9 Å². The molecule has 0 saturated heterocycles. The number of hydrogen-bond acceptors (Lipinski definition) is 3. The van der Waals surface area contributed by atoms with Gasteiger partial charge in [0.05, 0.1) is 17.7 Å². The second-order valence-electron chi connectivity index (χ2n) is 9.51. The van der Waals surface area contributed by atoms with E-state index in [0.29, 0.717) is 18.2 Å². The van der Waals surface area contributed by atoms with E-state index in [1.807, 2.05) is 42.6 Å². The van der Waals surface area contributed by atoms with Crippen LogP contribution in [0.5, 0.6) is 0 Å². The second kappa shape index (κ2) is 8.83. The van der Waals surface area contributed by atoms with Gasteiger partial charge in [0.25, 0.3) is 0 Å². The molecule has 0 fully saturated rings. The van der Waals surface area contributed by atoms with Crippen LogP contribution in [-0.2, 0) is 18.9 Å². The van der Waals surface area contributed by atoms with E-state index in [-0.39, 0.29) is 11.3 Å². The molecule has 2 heterocycles. The normalized spacial score (nSPS) is 16.0. The highest BCUT2D eigenvalue weighted by molar-refractivity contribution is 5.90. The van der Waals surface area contributed by atoms with Gasteiger partial charge in [0.15, 0.2) is 0 Å². The zero-order valence-corrected chi connectivity index (χ0v) is 20.1. The van der Waals surface area contributed by atoms with E-state index >= 15 is 0 Å². The number of alkyl halides is 6. The van der Waals surface area contributed by atoms with Gasteiger partial charge < -0.3 is 5.73 Å². The number of nitrogen functional groups attached to an aromatic ring is 1. The lowest BCUT2D eigenvalue weighted by Gasteiger charge is -2.20. The van der Waals surface area contributed by atoms with Gasteiger partial charge in [-0.25, -0.2) is 0 Å². The average molecular weight is 535 g/mol. The number of nitrogens with zero attached hydrogens (tertiary/aromatic N) is 2. The Labute approximate surface area is 219 Å². The Hall–Kier alpha value is -4.40. The van der Waals surface area contributed by atoms with Crippen molar-refractivity contribution in [3.63, 3.8) is 0 Å². The molecule has 39 heavy (non-hydrogen) atoms. The van der Waals surface area contributed by atoms with Gasteiger partial charge in [0.1, 0.15) is 6.04 Å². The Morgan fingerprint density at radius 3 is 2.03 bits per heavy atom. The van der Waals surface area contributed by atoms with Gasteiger partial charge in [-0.2, -0.15) is 26.3 Å². The SMILES string of the molecule is Nc1ccc(-c2ccc(C3N=Cc4cc(-c5ccc6c(c5)C=NC6)ccc43)cc2C(F)(F)F)c(C(F)(F)F)c1. The van der Waals surface area contributed by atoms with Crippen molar-refractivity contribution in [1.29, 1.82) is 0 Å². The third-order valence-electron chi connectivity index (χ3n) is 7.02. The molecule has 1 unspecified atom stereocenters. The Morgan fingerprint density at radius 1 is 0.667 bits per heavy atom. The molecule has 0 bridgehead atoms. The lowest BCUT2D eigenvalue weighted by Crippen LogP contribution is -2.12. The summed E-state index contributed by atoms with van der Waals surface area (Å²) in [5, 5.41) is 0. The average Bonchev–Trinajstić information content (AvgIpc) is 3.53. The number of hydrogen-bond donors (Lipinski definition) is 1. The van der Waals surface area contributed by atoms with Crippen LogP contribution in [0.4, 0.5) is 32.0 Å². The number of halogens is 6. The quantitative estimate of drug-likeness (QED) is 0.209. The Bertz CT molecular complexity index is 1680. The minimum Gasteiger partial charge on any atom is -0.399 e.